The molecule has 8 nitrogen and oxygen atoms in total. The van der Waals surface area contributed by atoms with Gasteiger partial charge < -0.3 is 14.8 Å². The largest absolute Gasteiger partial charge is 0.490 e. The van der Waals surface area contributed by atoms with E-state index >= 15 is 0 Å². The van der Waals surface area contributed by atoms with E-state index in [-0.39, 0.29) is 10.9 Å². The summed E-state index contributed by atoms with van der Waals surface area (Å²) in [5.74, 6) is 1.85. The van der Waals surface area contributed by atoms with Gasteiger partial charge in [0.15, 0.2) is 11.5 Å². The summed E-state index contributed by atoms with van der Waals surface area (Å²) in [5.41, 5.74) is 0. The van der Waals surface area contributed by atoms with Gasteiger partial charge in [-0.25, -0.2) is 18.4 Å². The van der Waals surface area contributed by atoms with Crippen LogP contribution in [0.2, 0.25) is 0 Å². The molecular formula is C18H22N4O4S. The molecule has 1 aromatic heterocycles. The van der Waals surface area contributed by atoms with Crippen LogP contribution in [0.3, 0.4) is 0 Å². The van der Waals surface area contributed by atoms with Gasteiger partial charge in [-0.2, -0.15) is 4.31 Å². The smallest absolute Gasteiger partial charge is 0.243 e. The van der Waals surface area contributed by atoms with Crippen LogP contribution in [0, 0.1) is 0 Å². The molecule has 0 atom stereocenters. The molecule has 27 heavy (non-hydrogen) atoms. The number of rotatable bonds is 4. The molecule has 0 spiro atoms. The van der Waals surface area contributed by atoms with Gasteiger partial charge in [-0.15, -0.1) is 0 Å². The zero-order valence-corrected chi connectivity index (χ0v) is 15.7. The number of aromatic nitrogens is 2. The molecule has 1 fully saturated rings. The van der Waals surface area contributed by atoms with Crippen molar-refractivity contribution in [2.75, 3.05) is 31.6 Å². The number of hydrogen-bond acceptors (Lipinski definition) is 7. The van der Waals surface area contributed by atoms with Gasteiger partial charge in [-0.1, -0.05) is 0 Å². The first-order valence-corrected chi connectivity index (χ1v) is 10.5. The average Bonchev–Trinajstić information content (AvgIpc) is 2.94. The summed E-state index contributed by atoms with van der Waals surface area (Å²) >= 11 is 0. The Morgan fingerprint density at radius 2 is 1.85 bits per heavy atom. The molecule has 9 heteroatoms. The van der Waals surface area contributed by atoms with E-state index in [1.165, 1.54) is 10.6 Å². The maximum Gasteiger partial charge on any atom is 0.243 e. The van der Waals surface area contributed by atoms with Crippen LogP contribution >= 0.6 is 0 Å². The maximum absolute atomic E-state index is 13.0. The number of anilines is 1. The summed E-state index contributed by atoms with van der Waals surface area (Å²) < 4.78 is 38.8. The topological polar surface area (TPSA) is 93.7 Å². The Kier molecular flexibility index (Phi) is 5.13. The number of piperidine rings is 1. The fraction of sp³-hybridized carbons (Fsp3) is 0.444. The Morgan fingerprint density at radius 3 is 2.59 bits per heavy atom. The SMILES string of the molecule is O=S(=O)(c1ccc2c(c1)OCCCO2)N1CCC(Nc2ccncn2)CC1. The van der Waals surface area contributed by atoms with Crippen molar-refractivity contribution in [2.45, 2.75) is 30.2 Å². The van der Waals surface area contributed by atoms with Gasteiger partial charge in [0.1, 0.15) is 12.1 Å². The zero-order chi connectivity index (χ0) is 18.7. The Bertz CT molecular complexity index is 883. The third kappa shape index (κ3) is 3.98. The second-order valence-corrected chi connectivity index (χ2v) is 8.51. The van der Waals surface area contributed by atoms with Crippen LogP contribution in [0.15, 0.2) is 41.7 Å². The summed E-state index contributed by atoms with van der Waals surface area (Å²) in [6, 6.07) is 6.84. The molecule has 0 bridgehead atoms. The molecule has 2 aliphatic rings. The average molecular weight is 390 g/mol. The van der Waals surface area contributed by atoms with E-state index in [0.717, 1.165) is 12.2 Å². The van der Waals surface area contributed by atoms with E-state index in [4.69, 9.17) is 9.47 Å². The normalized spacial score (nSPS) is 18.7. The van der Waals surface area contributed by atoms with Crippen LogP contribution in [-0.4, -0.2) is 55.0 Å². The zero-order valence-electron chi connectivity index (χ0n) is 14.9. The molecule has 0 aliphatic carbocycles. The highest BCUT2D eigenvalue weighted by molar-refractivity contribution is 7.89. The van der Waals surface area contributed by atoms with Gasteiger partial charge in [-0.3, -0.25) is 0 Å². The van der Waals surface area contributed by atoms with Crippen molar-refractivity contribution in [3.63, 3.8) is 0 Å². The van der Waals surface area contributed by atoms with E-state index in [2.05, 4.69) is 15.3 Å². The molecule has 0 amide bonds. The molecule has 1 saturated heterocycles. The molecule has 2 aliphatic heterocycles. The third-order valence-corrected chi connectivity index (χ3v) is 6.64. The molecule has 4 rings (SSSR count). The number of nitrogens with one attached hydrogen (secondary N) is 1. The van der Waals surface area contributed by atoms with Crippen LogP contribution < -0.4 is 14.8 Å². The van der Waals surface area contributed by atoms with Gasteiger partial charge in [0.05, 0.1) is 18.1 Å². The van der Waals surface area contributed by atoms with Crippen molar-refractivity contribution >= 4 is 15.8 Å². The lowest BCUT2D eigenvalue weighted by molar-refractivity contribution is 0.296. The van der Waals surface area contributed by atoms with Crippen LogP contribution in [-0.2, 0) is 10.0 Å². The van der Waals surface area contributed by atoms with Gasteiger partial charge in [0.2, 0.25) is 10.0 Å². The molecule has 0 radical (unpaired) electrons. The number of nitrogens with zero attached hydrogens (tertiary/aromatic N) is 3. The van der Waals surface area contributed by atoms with E-state index < -0.39 is 10.0 Å². The molecule has 3 heterocycles. The van der Waals surface area contributed by atoms with Crippen molar-refractivity contribution < 1.29 is 17.9 Å². The number of benzene rings is 1. The van der Waals surface area contributed by atoms with Crippen molar-refractivity contribution in [1.82, 2.24) is 14.3 Å². The second-order valence-electron chi connectivity index (χ2n) is 6.58. The Labute approximate surface area is 158 Å². The molecule has 144 valence electrons. The summed E-state index contributed by atoms with van der Waals surface area (Å²) in [4.78, 5) is 8.30. The summed E-state index contributed by atoms with van der Waals surface area (Å²) in [6.45, 7) is 2.02. The first-order chi connectivity index (χ1) is 13.1. The highest BCUT2D eigenvalue weighted by Crippen LogP contribution is 2.33. The number of hydrogen-bond donors (Lipinski definition) is 1. The highest BCUT2D eigenvalue weighted by Gasteiger charge is 2.30. The summed E-state index contributed by atoms with van der Waals surface area (Å²) in [6.07, 6.45) is 5.39. The molecule has 0 unspecified atom stereocenters. The van der Waals surface area contributed by atoms with Gasteiger partial charge in [0.25, 0.3) is 0 Å². The van der Waals surface area contributed by atoms with Crippen LogP contribution in [0.25, 0.3) is 0 Å². The maximum atomic E-state index is 13.0. The number of sulfonamides is 1. The second kappa shape index (κ2) is 7.69. The molecule has 0 saturated carbocycles. The van der Waals surface area contributed by atoms with Crippen molar-refractivity contribution in [3.8, 4) is 11.5 Å². The monoisotopic (exact) mass is 390 g/mol. The summed E-state index contributed by atoms with van der Waals surface area (Å²) in [5, 5.41) is 3.33. The standard InChI is InChI=1S/C18H22N4O4S/c23-27(24,15-2-3-16-17(12-15)26-11-1-10-25-16)22-8-5-14(6-9-22)21-18-4-7-19-13-20-18/h2-4,7,12-14H,1,5-6,8-11H2,(H,19,20,21). The van der Waals surface area contributed by atoms with Crippen LogP contribution in [0.4, 0.5) is 5.82 Å². The molecule has 1 N–H and O–H groups in total. The predicted octanol–water partition coefficient (Wildman–Crippen LogP) is 1.90. The lowest BCUT2D eigenvalue weighted by Gasteiger charge is -2.31. The summed E-state index contributed by atoms with van der Waals surface area (Å²) in [7, 11) is -3.56. The van der Waals surface area contributed by atoms with Crippen molar-refractivity contribution in [1.29, 1.82) is 0 Å². The minimum absolute atomic E-state index is 0.190. The van der Waals surface area contributed by atoms with Gasteiger partial charge in [0, 0.05) is 37.8 Å². The van der Waals surface area contributed by atoms with Crippen molar-refractivity contribution in [3.05, 3.63) is 36.8 Å². The van der Waals surface area contributed by atoms with Crippen LogP contribution in [0.1, 0.15) is 19.3 Å². The van der Waals surface area contributed by atoms with E-state index in [9.17, 15) is 8.42 Å². The molecular weight excluding hydrogens is 368 g/mol. The first kappa shape index (κ1) is 18.0. The van der Waals surface area contributed by atoms with E-state index in [1.54, 1.807) is 30.5 Å². The number of ether oxygens (including phenoxy) is 2. The highest BCUT2D eigenvalue weighted by atomic mass is 32.2. The predicted molar refractivity (Wildman–Crippen MR) is 99.5 cm³/mol. The number of fused-ring (bicyclic) bond motifs is 1. The quantitative estimate of drug-likeness (QED) is 0.852. The Morgan fingerprint density at radius 1 is 1.07 bits per heavy atom. The lowest BCUT2D eigenvalue weighted by Crippen LogP contribution is -2.42. The third-order valence-electron chi connectivity index (χ3n) is 4.74. The lowest BCUT2D eigenvalue weighted by atomic mass is 10.1. The van der Waals surface area contributed by atoms with Crippen LogP contribution in [0.5, 0.6) is 11.5 Å². The minimum atomic E-state index is -3.56. The fourth-order valence-electron chi connectivity index (χ4n) is 3.28. The van der Waals surface area contributed by atoms with Gasteiger partial charge in [-0.05, 0) is 31.0 Å². The van der Waals surface area contributed by atoms with Gasteiger partial charge >= 0.3 is 0 Å². The molecule has 2 aromatic rings. The minimum Gasteiger partial charge on any atom is -0.490 e. The first-order valence-electron chi connectivity index (χ1n) is 9.05. The molecule has 1 aromatic carbocycles. The van der Waals surface area contributed by atoms with E-state index in [0.29, 0.717) is 50.6 Å². The Balaban J connectivity index is 1.43. The fourth-order valence-corrected chi connectivity index (χ4v) is 4.76. The Hall–Kier alpha value is -2.39. The van der Waals surface area contributed by atoms with E-state index in [1.807, 2.05) is 0 Å². The van der Waals surface area contributed by atoms with Crippen molar-refractivity contribution in [2.24, 2.45) is 0 Å².